The van der Waals surface area contributed by atoms with E-state index in [0.29, 0.717) is 5.82 Å². The number of imidazole rings is 1. The average molecular weight is 211 g/mol. The topological polar surface area (TPSA) is 50.7 Å². The number of nitrogens with one attached hydrogen (secondary N) is 1. The van der Waals surface area contributed by atoms with Crippen molar-refractivity contribution >= 4 is 11.0 Å². The van der Waals surface area contributed by atoms with E-state index in [0.717, 1.165) is 11.0 Å². The Bertz CT molecular complexity index is 682. The molecular weight excluding hydrogens is 202 g/mol. The summed E-state index contributed by atoms with van der Waals surface area (Å²) >= 11 is 0. The van der Waals surface area contributed by atoms with Gasteiger partial charge in [0.05, 0.1) is 11.0 Å². The largest absolute Gasteiger partial charge is 0.332 e. The zero-order valence-electron chi connectivity index (χ0n) is 8.42. The summed E-state index contributed by atoms with van der Waals surface area (Å²) in [7, 11) is 0. The van der Waals surface area contributed by atoms with Crippen LogP contribution in [0.5, 0.6) is 0 Å². The maximum absolute atomic E-state index is 11.8. The van der Waals surface area contributed by atoms with Crippen LogP contribution in [0.3, 0.4) is 0 Å². The van der Waals surface area contributed by atoms with Crippen molar-refractivity contribution in [2.45, 2.75) is 0 Å². The number of hydrogen-bond donors (Lipinski definition) is 1. The smallest absolute Gasteiger partial charge is 0.305 e. The van der Waals surface area contributed by atoms with Crippen LogP contribution >= 0.6 is 0 Å². The molecule has 78 valence electrons. The number of aromatic nitrogens is 3. The predicted molar refractivity (Wildman–Crippen MR) is 61.7 cm³/mol. The van der Waals surface area contributed by atoms with E-state index in [1.54, 1.807) is 10.8 Å². The molecule has 0 aliphatic rings. The molecule has 4 heteroatoms. The van der Waals surface area contributed by atoms with Crippen LogP contribution in [-0.2, 0) is 0 Å². The van der Waals surface area contributed by atoms with Gasteiger partial charge in [-0.25, -0.2) is 14.3 Å². The highest BCUT2D eigenvalue weighted by Gasteiger charge is 2.07. The van der Waals surface area contributed by atoms with E-state index in [1.807, 2.05) is 42.5 Å². The van der Waals surface area contributed by atoms with Gasteiger partial charge in [0.15, 0.2) is 0 Å². The molecule has 4 nitrogen and oxygen atoms in total. The fourth-order valence-electron chi connectivity index (χ4n) is 1.77. The molecule has 0 saturated heterocycles. The first-order chi connectivity index (χ1) is 7.86. The summed E-state index contributed by atoms with van der Waals surface area (Å²) in [6.07, 6.45) is 1.67. The minimum atomic E-state index is -0.167. The first-order valence-electron chi connectivity index (χ1n) is 4.97. The number of benzene rings is 1. The summed E-state index contributed by atoms with van der Waals surface area (Å²) in [6, 6.07) is 13.0. The molecule has 2 aromatic heterocycles. The third-order valence-electron chi connectivity index (χ3n) is 2.47. The summed E-state index contributed by atoms with van der Waals surface area (Å²) in [5.41, 5.74) is 1.49. The van der Waals surface area contributed by atoms with Crippen molar-refractivity contribution in [3.63, 3.8) is 0 Å². The van der Waals surface area contributed by atoms with Gasteiger partial charge in [0.2, 0.25) is 0 Å². The molecule has 1 aromatic carbocycles. The van der Waals surface area contributed by atoms with Crippen LogP contribution < -0.4 is 5.69 Å². The van der Waals surface area contributed by atoms with Crippen molar-refractivity contribution < 1.29 is 0 Å². The quantitative estimate of drug-likeness (QED) is 0.666. The Labute approximate surface area is 91.2 Å². The molecule has 0 aliphatic carbocycles. The molecule has 0 bridgehead atoms. The average Bonchev–Trinajstić information content (AvgIpc) is 2.66. The van der Waals surface area contributed by atoms with Gasteiger partial charge in [-0.1, -0.05) is 18.2 Å². The summed E-state index contributed by atoms with van der Waals surface area (Å²) in [6.45, 7) is 0. The van der Waals surface area contributed by atoms with Crippen molar-refractivity contribution in [1.82, 2.24) is 14.5 Å². The van der Waals surface area contributed by atoms with Crippen LogP contribution in [0.2, 0.25) is 0 Å². The van der Waals surface area contributed by atoms with Crippen LogP contribution in [0.1, 0.15) is 0 Å². The maximum Gasteiger partial charge on any atom is 0.332 e. The minimum absolute atomic E-state index is 0.167. The third kappa shape index (κ3) is 1.24. The van der Waals surface area contributed by atoms with E-state index in [1.165, 1.54) is 0 Å². The highest BCUT2D eigenvalue weighted by atomic mass is 16.1. The Morgan fingerprint density at radius 3 is 2.69 bits per heavy atom. The summed E-state index contributed by atoms with van der Waals surface area (Å²) in [4.78, 5) is 18.8. The normalized spacial score (nSPS) is 10.8. The molecule has 0 saturated carbocycles. The lowest BCUT2D eigenvalue weighted by atomic mass is 10.3. The van der Waals surface area contributed by atoms with E-state index in [2.05, 4.69) is 9.97 Å². The van der Waals surface area contributed by atoms with E-state index in [9.17, 15) is 4.79 Å². The van der Waals surface area contributed by atoms with E-state index >= 15 is 0 Å². The fraction of sp³-hybridized carbons (Fsp3) is 0. The molecule has 16 heavy (non-hydrogen) atoms. The first-order valence-corrected chi connectivity index (χ1v) is 4.97. The molecule has 0 atom stereocenters. The maximum atomic E-state index is 11.8. The Balaban J connectivity index is 2.40. The van der Waals surface area contributed by atoms with Gasteiger partial charge in [-0.3, -0.25) is 0 Å². The van der Waals surface area contributed by atoms with Gasteiger partial charge in [0.1, 0.15) is 5.82 Å². The number of nitrogens with zero attached hydrogens (tertiary/aromatic N) is 2. The number of H-pyrrole nitrogens is 1. The molecule has 0 fully saturated rings. The lowest BCUT2D eigenvalue weighted by molar-refractivity contribution is 0.966. The molecule has 1 N–H and O–H groups in total. The van der Waals surface area contributed by atoms with Gasteiger partial charge in [-0.05, 0) is 24.3 Å². The summed E-state index contributed by atoms with van der Waals surface area (Å²) in [5, 5.41) is 0. The number of aromatic amines is 1. The summed E-state index contributed by atoms with van der Waals surface area (Å²) < 4.78 is 1.56. The Kier molecular flexibility index (Phi) is 1.86. The Hall–Kier alpha value is -2.36. The highest BCUT2D eigenvalue weighted by molar-refractivity contribution is 5.76. The van der Waals surface area contributed by atoms with E-state index in [4.69, 9.17) is 0 Å². The molecule has 0 amide bonds. The van der Waals surface area contributed by atoms with Gasteiger partial charge in [-0.2, -0.15) is 0 Å². The number of pyridine rings is 1. The monoisotopic (exact) mass is 211 g/mol. The van der Waals surface area contributed by atoms with Crippen molar-refractivity contribution in [3.8, 4) is 5.82 Å². The Morgan fingerprint density at radius 2 is 1.88 bits per heavy atom. The van der Waals surface area contributed by atoms with E-state index < -0.39 is 0 Å². The lowest BCUT2D eigenvalue weighted by Gasteiger charge is -2.00. The molecule has 3 aromatic rings. The van der Waals surface area contributed by atoms with Gasteiger partial charge in [-0.15, -0.1) is 0 Å². The zero-order chi connectivity index (χ0) is 11.0. The number of hydrogen-bond acceptors (Lipinski definition) is 2. The van der Waals surface area contributed by atoms with Gasteiger partial charge in [0, 0.05) is 6.20 Å². The number of fused-ring (bicyclic) bond motifs is 1. The van der Waals surface area contributed by atoms with E-state index in [-0.39, 0.29) is 5.69 Å². The summed E-state index contributed by atoms with van der Waals surface area (Å²) in [5.74, 6) is 0.630. The van der Waals surface area contributed by atoms with Crippen LogP contribution in [0.25, 0.3) is 16.9 Å². The molecule has 0 radical (unpaired) electrons. The number of para-hydroxylation sites is 2. The van der Waals surface area contributed by atoms with Gasteiger partial charge >= 0.3 is 5.69 Å². The van der Waals surface area contributed by atoms with Crippen LogP contribution in [-0.4, -0.2) is 14.5 Å². The Morgan fingerprint density at radius 1 is 1.06 bits per heavy atom. The zero-order valence-corrected chi connectivity index (χ0v) is 8.42. The third-order valence-corrected chi connectivity index (χ3v) is 2.47. The molecule has 0 spiro atoms. The first kappa shape index (κ1) is 8.91. The molecule has 3 rings (SSSR count). The van der Waals surface area contributed by atoms with Gasteiger partial charge in [0.25, 0.3) is 0 Å². The van der Waals surface area contributed by atoms with Crippen molar-refractivity contribution in [1.29, 1.82) is 0 Å². The predicted octanol–water partition coefficient (Wildman–Crippen LogP) is 1.71. The molecular formula is C12H9N3O. The van der Waals surface area contributed by atoms with Crippen LogP contribution in [0.4, 0.5) is 0 Å². The second kappa shape index (κ2) is 3.34. The highest BCUT2D eigenvalue weighted by Crippen LogP contribution is 2.12. The minimum Gasteiger partial charge on any atom is -0.305 e. The second-order valence-corrected chi connectivity index (χ2v) is 3.47. The van der Waals surface area contributed by atoms with Crippen LogP contribution in [0.15, 0.2) is 53.5 Å². The van der Waals surface area contributed by atoms with Crippen molar-refractivity contribution in [2.75, 3.05) is 0 Å². The van der Waals surface area contributed by atoms with Crippen molar-refractivity contribution in [2.24, 2.45) is 0 Å². The van der Waals surface area contributed by atoms with Crippen molar-refractivity contribution in [3.05, 3.63) is 59.1 Å². The fourth-order valence-corrected chi connectivity index (χ4v) is 1.77. The lowest BCUT2D eigenvalue weighted by Crippen LogP contribution is -2.15. The standard InChI is InChI=1S/C12H9N3O/c16-12-14-9-5-1-2-6-10(9)15(12)11-7-3-4-8-13-11/h1-8H,(H,14,16). The van der Waals surface area contributed by atoms with Gasteiger partial charge < -0.3 is 4.98 Å². The SMILES string of the molecule is O=c1[nH]c2ccccc2n1-c1ccccn1. The number of rotatable bonds is 1. The molecule has 2 heterocycles. The molecule has 0 unspecified atom stereocenters. The second-order valence-electron chi connectivity index (χ2n) is 3.47. The molecule has 0 aliphatic heterocycles. The van der Waals surface area contributed by atoms with Crippen LogP contribution in [0, 0.1) is 0 Å².